The second kappa shape index (κ2) is 11.6. The molecule has 0 fully saturated rings. The lowest BCUT2D eigenvalue weighted by atomic mass is 10.0. The van der Waals surface area contributed by atoms with E-state index in [2.05, 4.69) is 50.1 Å². The van der Waals surface area contributed by atoms with Crippen LogP contribution in [0.1, 0.15) is 33.3 Å². The first kappa shape index (κ1) is 24.4. The fraction of sp³-hybridized carbons (Fsp3) is 0.391. The highest BCUT2D eigenvalue weighted by atomic mass is 32.1. The highest BCUT2D eigenvalue weighted by Gasteiger charge is 2.14. The first-order valence-corrected chi connectivity index (χ1v) is 11.8. The van der Waals surface area contributed by atoms with Crippen molar-refractivity contribution in [2.24, 2.45) is 0 Å². The molecule has 5 N–H and O–H groups in total. The number of urea groups is 1. The van der Waals surface area contributed by atoms with Crippen molar-refractivity contribution < 1.29 is 9.90 Å². The number of hydrogen-bond acceptors (Lipinski definition) is 8. The summed E-state index contributed by atoms with van der Waals surface area (Å²) in [5.41, 5.74) is 3.27. The Labute approximate surface area is 198 Å². The van der Waals surface area contributed by atoms with E-state index >= 15 is 0 Å². The number of aromatic nitrogens is 3. The van der Waals surface area contributed by atoms with Gasteiger partial charge in [-0.1, -0.05) is 35.6 Å². The molecule has 2 aromatic heterocycles. The van der Waals surface area contributed by atoms with Gasteiger partial charge in [-0.05, 0) is 39.3 Å². The third kappa shape index (κ3) is 7.13. The average molecular weight is 470 g/mol. The minimum atomic E-state index is -0.542. The molecule has 10 heteroatoms. The number of amides is 2. The molecule has 1 aromatic carbocycles. The molecular weight excluding hydrogens is 438 g/mol. The van der Waals surface area contributed by atoms with Gasteiger partial charge in [-0.3, -0.25) is 0 Å². The molecule has 0 saturated carbocycles. The van der Waals surface area contributed by atoms with Gasteiger partial charge < -0.3 is 26.4 Å². The van der Waals surface area contributed by atoms with Crippen molar-refractivity contribution in [1.82, 2.24) is 25.6 Å². The molecule has 0 radical (unpaired) electrons. The first-order chi connectivity index (χ1) is 15.9. The van der Waals surface area contributed by atoms with Crippen molar-refractivity contribution in [1.29, 1.82) is 0 Å². The summed E-state index contributed by atoms with van der Waals surface area (Å²) in [5, 5.41) is 22.6. The van der Waals surface area contributed by atoms with Gasteiger partial charge in [0.15, 0.2) is 5.13 Å². The molecule has 176 valence electrons. The molecule has 0 aliphatic carbocycles. The maximum atomic E-state index is 11.9. The number of nitrogens with zero attached hydrogens (tertiary/aromatic N) is 3. The second-order valence-electron chi connectivity index (χ2n) is 7.89. The number of aliphatic hydroxyl groups excluding tert-OH is 1. The highest BCUT2D eigenvalue weighted by Crippen LogP contribution is 2.32. The molecule has 0 spiro atoms. The summed E-state index contributed by atoms with van der Waals surface area (Å²) in [4.78, 5) is 26.6. The van der Waals surface area contributed by atoms with Gasteiger partial charge in [-0.25, -0.2) is 19.7 Å². The van der Waals surface area contributed by atoms with E-state index in [1.54, 1.807) is 13.1 Å². The van der Waals surface area contributed by atoms with E-state index in [4.69, 9.17) is 0 Å². The number of carbonyl (C=O) groups excluding carboxylic acids is 1. The predicted molar refractivity (Wildman–Crippen MR) is 133 cm³/mol. The SMILES string of the molecule is CCNC(=O)NCc1ccccc1-c1cc(-c2cnc(NC(C)C)s2)nc(NC[C@@H](C)O)n1. The van der Waals surface area contributed by atoms with Gasteiger partial charge in [0.05, 0.1) is 22.4 Å². The van der Waals surface area contributed by atoms with Gasteiger partial charge in [0.1, 0.15) is 0 Å². The van der Waals surface area contributed by atoms with Gasteiger partial charge in [0, 0.05) is 37.4 Å². The molecule has 0 unspecified atom stereocenters. The van der Waals surface area contributed by atoms with Crippen molar-refractivity contribution in [2.45, 2.75) is 46.4 Å². The zero-order valence-corrected chi connectivity index (χ0v) is 20.2. The van der Waals surface area contributed by atoms with Gasteiger partial charge in [-0.2, -0.15) is 0 Å². The third-order valence-corrected chi connectivity index (χ3v) is 5.47. The molecule has 0 bridgehead atoms. The van der Waals surface area contributed by atoms with Crippen molar-refractivity contribution >= 4 is 28.4 Å². The number of nitrogens with one attached hydrogen (secondary N) is 4. The molecule has 33 heavy (non-hydrogen) atoms. The summed E-state index contributed by atoms with van der Waals surface area (Å²) in [7, 11) is 0. The highest BCUT2D eigenvalue weighted by molar-refractivity contribution is 7.18. The lowest BCUT2D eigenvalue weighted by molar-refractivity contribution is 0.208. The summed E-state index contributed by atoms with van der Waals surface area (Å²) in [5.74, 6) is 0.418. The van der Waals surface area contributed by atoms with Crippen LogP contribution in [0.5, 0.6) is 0 Å². The normalized spacial score (nSPS) is 11.8. The Morgan fingerprint density at radius 1 is 1.12 bits per heavy atom. The molecule has 1 atom stereocenters. The van der Waals surface area contributed by atoms with E-state index in [9.17, 15) is 9.90 Å². The molecular formula is C23H31N7O2S. The summed E-state index contributed by atoms with van der Waals surface area (Å²) < 4.78 is 0. The lowest BCUT2D eigenvalue weighted by Gasteiger charge is -2.14. The molecule has 0 aliphatic heterocycles. The molecule has 0 saturated heterocycles. The lowest BCUT2D eigenvalue weighted by Crippen LogP contribution is -2.34. The minimum Gasteiger partial charge on any atom is -0.392 e. The molecule has 9 nitrogen and oxygen atoms in total. The van der Waals surface area contributed by atoms with Gasteiger partial charge in [0.25, 0.3) is 0 Å². The topological polar surface area (TPSA) is 124 Å². The number of thiazole rings is 1. The van der Waals surface area contributed by atoms with Crippen LogP contribution in [0.3, 0.4) is 0 Å². The fourth-order valence-electron chi connectivity index (χ4n) is 3.06. The first-order valence-electron chi connectivity index (χ1n) is 11.0. The predicted octanol–water partition coefficient (Wildman–Crippen LogP) is 3.70. The second-order valence-corrected chi connectivity index (χ2v) is 8.92. The molecule has 3 aromatic rings. The van der Waals surface area contributed by atoms with E-state index < -0.39 is 6.10 Å². The van der Waals surface area contributed by atoms with Crippen LogP contribution in [0.15, 0.2) is 36.5 Å². The molecule has 0 aliphatic rings. The van der Waals surface area contributed by atoms with E-state index in [-0.39, 0.29) is 12.1 Å². The van der Waals surface area contributed by atoms with E-state index in [1.165, 1.54) is 11.3 Å². The Hall–Kier alpha value is -3.24. The molecule has 2 heterocycles. The van der Waals surface area contributed by atoms with Gasteiger partial charge >= 0.3 is 6.03 Å². The zero-order valence-electron chi connectivity index (χ0n) is 19.3. The quantitative estimate of drug-likeness (QED) is 0.307. The van der Waals surface area contributed by atoms with Crippen LogP contribution in [0, 0.1) is 0 Å². The van der Waals surface area contributed by atoms with E-state index in [0.717, 1.165) is 26.8 Å². The standard InChI is InChI=1S/C23H31N7O2S/c1-5-24-22(32)26-12-16-8-6-7-9-17(16)18-10-19(30-21(29-18)25-11-15(4)31)20-13-27-23(33-20)28-14(2)3/h6-10,13-15,31H,5,11-12H2,1-4H3,(H,27,28)(H2,24,26,32)(H,25,29,30)/t15-/m1/s1. The maximum Gasteiger partial charge on any atom is 0.315 e. The Morgan fingerprint density at radius 3 is 2.61 bits per heavy atom. The summed E-state index contributed by atoms with van der Waals surface area (Å²) in [6.07, 6.45) is 1.25. The van der Waals surface area contributed by atoms with Crippen LogP contribution >= 0.6 is 11.3 Å². The van der Waals surface area contributed by atoms with Crippen molar-refractivity contribution in [2.75, 3.05) is 23.7 Å². The van der Waals surface area contributed by atoms with Crippen molar-refractivity contribution in [3.63, 3.8) is 0 Å². The number of benzene rings is 1. The van der Waals surface area contributed by atoms with E-state index in [1.807, 2.05) is 37.3 Å². The number of rotatable bonds is 10. The molecule has 3 rings (SSSR count). The number of anilines is 2. The van der Waals surface area contributed by atoms with Gasteiger partial charge in [0.2, 0.25) is 5.95 Å². The number of hydrogen-bond donors (Lipinski definition) is 5. The largest absolute Gasteiger partial charge is 0.392 e. The Kier molecular flexibility index (Phi) is 8.56. The van der Waals surface area contributed by atoms with Crippen LogP contribution in [-0.4, -0.2) is 51.3 Å². The maximum absolute atomic E-state index is 11.9. The summed E-state index contributed by atoms with van der Waals surface area (Å²) >= 11 is 1.52. The monoisotopic (exact) mass is 469 g/mol. The van der Waals surface area contributed by atoms with Crippen molar-refractivity contribution in [3.8, 4) is 21.8 Å². The molecule has 2 amide bonds. The fourth-order valence-corrected chi connectivity index (χ4v) is 3.98. The Balaban J connectivity index is 1.97. The average Bonchev–Trinajstić information content (AvgIpc) is 3.24. The van der Waals surface area contributed by atoms with E-state index in [0.29, 0.717) is 31.3 Å². The van der Waals surface area contributed by atoms with Crippen LogP contribution in [0.2, 0.25) is 0 Å². The minimum absolute atomic E-state index is 0.218. The summed E-state index contributed by atoms with van der Waals surface area (Å²) in [6, 6.07) is 9.78. The van der Waals surface area contributed by atoms with Gasteiger partial charge in [-0.15, -0.1) is 0 Å². The van der Waals surface area contributed by atoms with Crippen LogP contribution in [0.25, 0.3) is 21.8 Å². The van der Waals surface area contributed by atoms with Crippen molar-refractivity contribution in [3.05, 3.63) is 42.1 Å². The van der Waals surface area contributed by atoms with Crippen LogP contribution in [-0.2, 0) is 6.54 Å². The summed E-state index contributed by atoms with van der Waals surface area (Å²) in [6.45, 7) is 8.95. The smallest absolute Gasteiger partial charge is 0.315 e. The number of aliphatic hydroxyl groups is 1. The van der Waals surface area contributed by atoms with Crippen LogP contribution < -0.4 is 21.3 Å². The number of carbonyl (C=O) groups is 1. The third-order valence-electron chi connectivity index (χ3n) is 4.52. The Bertz CT molecular complexity index is 1070. The van der Waals surface area contributed by atoms with Crippen LogP contribution in [0.4, 0.5) is 15.9 Å². The Morgan fingerprint density at radius 2 is 1.88 bits per heavy atom. The zero-order chi connectivity index (χ0) is 23.8.